The molecule has 6 heteroatoms. The SMILES string of the molecule is N#CC(C(=O)c1cn[nH]c1-c1cccc(Cl)c1)c1ccccn1. The fourth-order valence-corrected chi connectivity index (χ4v) is 2.49. The third kappa shape index (κ3) is 2.98. The maximum absolute atomic E-state index is 12.8. The van der Waals surface area contributed by atoms with Crippen LogP contribution >= 0.6 is 11.6 Å². The molecule has 3 rings (SSSR count). The summed E-state index contributed by atoms with van der Waals surface area (Å²) in [6, 6.07) is 14.2. The Bertz CT molecular complexity index is 883. The summed E-state index contributed by atoms with van der Waals surface area (Å²) in [5.74, 6) is -1.33. The summed E-state index contributed by atoms with van der Waals surface area (Å²) in [4.78, 5) is 16.9. The van der Waals surface area contributed by atoms with Gasteiger partial charge in [0.1, 0.15) is 0 Å². The predicted octanol–water partition coefficient (Wildman–Crippen LogP) is 3.62. The van der Waals surface area contributed by atoms with Gasteiger partial charge in [0.25, 0.3) is 0 Å². The summed E-state index contributed by atoms with van der Waals surface area (Å²) in [6.07, 6.45) is 2.98. The van der Waals surface area contributed by atoms with E-state index in [1.807, 2.05) is 12.1 Å². The molecule has 1 N–H and O–H groups in total. The molecule has 0 saturated carbocycles. The zero-order chi connectivity index (χ0) is 16.2. The molecule has 1 aromatic carbocycles. The molecule has 112 valence electrons. The molecule has 0 aliphatic rings. The Kier molecular flexibility index (Phi) is 4.18. The standard InChI is InChI=1S/C17H11ClN4O/c18-12-5-3-4-11(8-12)16-14(10-21-22-16)17(23)13(9-19)15-6-1-2-7-20-15/h1-8,10,13H,(H,21,22). The van der Waals surface area contributed by atoms with Crippen LogP contribution in [0.1, 0.15) is 22.0 Å². The number of hydrogen-bond donors (Lipinski definition) is 1. The van der Waals surface area contributed by atoms with E-state index in [0.717, 1.165) is 5.56 Å². The van der Waals surface area contributed by atoms with Crippen LogP contribution in [-0.4, -0.2) is 21.0 Å². The van der Waals surface area contributed by atoms with Crippen molar-refractivity contribution >= 4 is 17.4 Å². The average Bonchev–Trinajstić information content (AvgIpc) is 3.06. The lowest BCUT2D eigenvalue weighted by atomic mass is 9.94. The summed E-state index contributed by atoms with van der Waals surface area (Å²) in [5, 5.41) is 16.7. The van der Waals surface area contributed by atoms with E-state index in [-0.39, 0.29) is 5.78 Å². The molecule has 0 aliphatic heterocycles. The molecule has 1 unspecified atom stereocenters. The van der Waals surface area contributed by atoms with E-state index in [9.17, 15) is 10.1 Å². The Hall–Kier alpha value is -2.97. The topological polar surface area (TPSA) is 82.4 Å². The van der Waals surface area contributed by atoms with Gasteiger partial charge in [-0.05, 0) is 24.3 Å². The number of halogens is 1. The lowest BCUT2D eigenvalue weighted by Crippen LogP contribution is -2.13. The summed E-state index contributed by atoms with van der Waals surface area (Å²) in [7, 11) is 0. The predicted molar refractivity (Wildman–Crippen MR) is 86.0 cm³/mol. The third-order valence-corrected chi connectivity index (χ3v) is 3.63. The second-order valence-electron chi connectivity index (χ2n) is 4.85. The quantitative estimate of drug-likeness (QED) is 0.744. The fraction of sp³-hybridized carbons (Fsp3) is 0.0588. The minimum absolute atomic E-state index is 0.337. The number of aromatic amines is 1. The van der Waals surface area contributed by atoms with Gasteiger partial charge in [0.15, 0.2) is 11.7 Å². The van der Waals surface area contributed by atoms with Crippen LogP contribution in [0.2, 0.25) is 5.02 Å². The first kappa shape index (κ1) is 14.9. The molecule has 2 aromatic heterocycles. The number of carbonyl (C=O) groups excluding carboxylic acids is 1. The van der Waals surface area contributed by atoms with Crippen molar-refractivity contribution in [3.63, 3.8) is 0 Å². The van der Waals surface area contributed by atoms with E-state index in [1.54, 1.807) is 42.6 Å². The van der Waals surface area contributed by atoms with Gasteiger partial charge in [-0.2, -0.15) is 10.4 Å². The number of rotatable bonds is 4. The van der Waals surface area contributed by atoms with Gasteiger partial charge in [0.2, 0.25) is 0 Å². The average molecular weight is 323 g/mol. The van der Waals surface area contributed by atoms with E-state index in [1.165, 1.54) is 6.20 Å². The Morgan fingerprint density at radius 3 is 2.83 bits per heavy atom. The number of H-pyrrole nitrogens is 1. The molecule has 0 fully saturated rings. The molecule has 0 amide bonds. The van der Waals surface area contributed by atoms with Gasteiger partial charge in [-0.3, -0.25) is 14.9 Å². The van der Waals surface area contributed by atoms with Crippen molar-refractivity contribution < 1.29 is 4.79 Å². The lowest BCUT2D eigenvalue weighted by molar-refractivity contribution is 0.0978. The van der Waals surface area contributed by atoms with E-state index in [0.29, 0.717) is 22.0 Å². The Balaban J connectivity index is 2.01. The minimum Gasteiger partial charge on any atom is -0.292 e. The first-order valence-electron chi connectivity index (χ1n) is 6.85. The second-order valence-corrected chi connectivity index (χ2v) is 5.29. The molecule has 0 spiro atoms. The highest BCUT2D eigenvalue weighted by Gasteiger charge is 2.26. The molecule has 0 aliphatic carbocycles. The van der Waals surface area contributed by atoms with Crippen molar-refractivity contribution in [3.05, 3.63) is 71.1 Å². The molecule has 2 heterocycles. The number of pyridine rings is 1. The Morgan fingerprint density at radius 2 is 2.13 bits per heavy atom. The number of aromatic nitrogens is 3. The minimum atomic E-state index is -0.980. The molecule has 5 nitrogen and oxygen atoms in total. The fourth-order valence-electron chi connectivity index (χ4n) is 2.30. The molecular weight excluding hydrogens is 312 g/mol. The van der Waals surface area contributed by atoms with E-state index in [2.05, 4.69) is 15.2 Å². The van der Waals surface area contributed by atoms with Gasteiger partial charge in [-0.15, -0.1) is 0 Å². The maximum Gasteiger partial charge on any atom is 0.189 e. The van der Waals surface area contributed by atoms with Crippen LogP contribution in [-0.2, 0) is 0 Å². The third-order valence-electron chi connectivity index (χ3n) is 3.39. The van der Waals surface area contributed by atoms with Gasteiger partial charge < -0.3 is 0 Å². The summed E-state index contributed by atoms with van der Waals surface area (Å²) < 4.78 is 0. The number of benzene rings is 1. The van der Waals surface area contributed by atoms with Crippen LogP contribution in [0.15, 0.2) is 54.9 Å². The zero-order valence-electron chi connectivity index (χ0n) is 11.9. The van der Waals surface area contributed by atoms with Crippen LogP contribution in [0.4, 0.5) is 0 Å². The number of hydrogen-bond acceptors (Lipinski definition) is 4. The van der Waals surface area contributed by atoms with Crippen LogP contribution in [0.25, 0.3) is 11.3 Å². The molecule has 1 atom stereocenters. The van der Waals surface area contributed by atoms with E-state index < -0.39 is 5.92 Å². The summed E-state index contributed by atoms with van der Waals surface area (Å²) in [6.45, 7) is 0. The number of Topliss-reactive ketones (excluding diaryl/α,β-unsaturated/α-hetero) is 1. The number of nitrogens with zero attached hydrogens (tertiary/aromatic N) is 3. The first-order valence-corrected chi connectivity index (χ1v) is 7.22. The van der Waals surface area contributed by atoms with Gasteiger partial charge >= 0.3 is 0 Å². The highest BCUT2D eigenvalue weighted by molar-refractivity contribution is 6.30. The highest BCUT2D eigenvalue weighted by Crippen LogP contribution is 2.27. The molecule has 0 radical (unpaired) electrons. The lowest BCUT2D eigenvalue weighted by Gasteiger charge is -2.08. The van der Waals surface area contributed by atoms with Crippen molar-refractivity contribution in [1.29, 1.82) is 5.26 Å². The van der Waals surface area contributed by atoms with Gasteiger partial charge in [0, 0.05) is 16.8 Å². The molecule has 0 saturated heterocycles. The molecule has 3 aromatic rings. The molecular formula is C17H11ClN4O. The van der Waals surface area contributed by atoms with Crippen molar-refractivity contribution in [3.8, 4) is 17.3 Å². The van der Waals surface area contributed by atoms with Crippen molar-refractivity contribution in [1.82, 2.24) is 15.2 Å². The monoisotopic (exact) mass is 322 g/mol. The number of carbonyl (C=O) groups is 1. The summed E-state index contributed by atoms with van der Waals surface area (Å²) in [5.41, 5.74) is 2.02. The number of nitrogens with one attached hydrogen (secondary N) is 1. The Labute approximate surface area is 137 Å². The van der Waals surface area contributed by atoms with Crippen LogP contribution in [0.5, 0.6) is 0 Å². The van der Waals surface area contributed by atoms with Crippen molar-refractivity contribution in [2.24, 2.45) is 0 Å². The van der Waals surface area contributed by atoms with Gasteiger partial charge in [0.05, 0.1) is 29.2 Å². The van der Waals surface area contributed by atoms with E-state index in [4.69, 9.17) is 11.6 Å². The summed E-state index contributed by atoms with van der Waals surface area (Å²) >= 11 is 6.00. The van der Waals surface area contributed by atoms with Crippen LogP contribution in [0.3, 0.4) is 0 Å². The number of nitriles is 1. The number of ketones is 1. The highest BCUT2D eigenvalue weighted by atomic mass is 35.5. The molecule has 23 heavy (non-hydrogen) atoms. The first-order chi connectivity index (χ1) is 11.2. The van der Waals surface area contributed by atoms with E-state index >= 15 is 0 Å². The smallest absolute Gasteiger partial charge is 0.189 e. The Morgan fingerprint density at radius 1 is 1.26 bits per heavy atom. The molecule has 0 bridgehead atoms. The van der Waals surface area contributed by atoms with Crippen LogP contribution < -0.4 is 0 Å². The largest absolute Gasteiger partial charge is 0.292 e. The maximum atomic E-state index is 12.8. The van der Waals surface area contributed by atoms with Gasteiger partial charge in [-0.1, -0.05) is 29.8 Å². The second kappa shape index (κ2) is 6.42. The van der Waals surface area contributed by atoms with Crippen molar-refractivity contribution in [2.45, 2.75) is 5.92 Å². The van der Waals surface area contributed by atoms with Gasteiger partial charge in [-0.25, -0.2) is 0 Å². The van der Waals surface area contributed by atoms with Crippen molar-refractivity contribution in [2.75, 3.05) is 0 Å². The zero-order valence-corrected chi connectivity index (χ0v) is 12.7. The normalized spacial score (nSPS) is 11.7. The van der Waals surface area contributed by atoms with Crippen LogP contribution in [0, 0.1) is 11.3 Å².